The maximum atomic E-state index is 13.8. The van der Waals surface area contributed by atoms with Crippen LogP contribution in [0.3, 0.4) is 0 Å². The lowest BCUT2D eigenvalue weighted by molar-refractivity contribution is -0.141. The molecule has 5 rings (SSSR count). The van der Waals surface area contributed by atoms with Crippen LogP contribution in [0.15, 0.2) is 103 Å². The zero-order valence-corrected chi connectivity index (χ0v) is 20.0. The number of para-hydroxylation sites is 1. The monoisotopic (exact) mass is 477 g/mol. The highest BCUT2D eigenvalue weighted by atomic mass is 16.5. The Kier molecular flexibility index (Phi) is 6.54. The second kappa shape index (κ2) is 10.1. The summed E-state index contributed by atoms with van der Waals surface area (Å²) in [7, 11) is 1.63. The molecule has 1 aliphatic rings. The third-order valence-corrected chi connectivity index (χ3v) is 6.86. The number of likely N-dealkylation sites (tertiary alicyclic amines) is 1. The summed E-state index contributed by atoms with van der Waals surface area (Å²) in [4.78, 5) is 27.5. The van der Waals surface area contributed by atoms with Crippen molar-refractivity contribution in [2.24, 2.45) is 0 Å². The molecule has 0 bridgehead atoms. The molecule has 1 heterocycles. The zero-order valence-electron chi connectivity index (χ0n) is 20.0. The second-order valence-electron chi connectivity index (χ2n) is 8.89. The normalized spacial score (nSPS) is 17.1. The third kappa shape index (κ3) is 4.36. The number of carbonyl (C=O) groups excluding carboxylic acids is 1. The quantitative estimate of drug-likeness (QED) is 0.346. The van der Waals surface area contributed by atoms with Crippen molar-refractivity contribution in [1.29, 1.82) is 0 Å². The Hall–Kier alpha value is -4.38. The Balaban J connectivity index is 1.51. The first-order valence-electron chi connectivity index (χ1n) is 12.0. The SMILES string of the molecule is COc1ccccc1-c1ccc(C(=O)N2[C@@H](c3ccccc3-c3ccccc3)CC[C@H]2C(=O)O)cc1. The molecule has 0 spiro atoms. The van der Waals surface area contributed by atoms with Crippen molar-refractivity contribution in [1.82, 2.24) is 4.90 Å². The van der Waals surface area contributed by atoms with Crippen molar-refractivity contribution >= 4 is 11.9 Å². The van der Waals surface area contributed by atoms with Crippen molar-refractivity contribution in [3.63, 3.8) is 0 Å². The Morgan fingerprint density at radius 3 is 2.06 bits per heavy atom. The number of carboxylic acid groups (broad SMARTS) is 1. The van der Waals surface area contributed by atoms with Crippen LogP contribution >= 0.6 is 0 Å². The Labute approximate surface area is 210 Å². The van der Waals surface area contributed by atoms with Gasteiger partial charge in [0.25, 0.3) is 5.91 Å². The summed E-state index contributed by atoms with van der Waals surface area (Å²) in [6.45, 7) is 0. The van der Waals surface area contributed by atoms with Gasteiger partial charge in [0.15, 0.2) is 0 Å². The van der Waals surface area contributed by atoms with E-state index in [4.69, 9.17) is 4.74 Å². The van der Waals surface area contributed by atoms with Crippen LogP contribution in [0.4, 0.5) is 0 Å². The summed E-state index contributed by atoms with van der Waals surface area (Å²) in [6.07, 6.45) is 1.00. The van der Waals surface area contributed by atoms with Crippen LogP contribution in [0.1, 0.15) is 34.8 Å². The van der Waals surface area contributed by atoms with E-state index in [0.717, 1.165) is 33.6 Å². The minimum atomic E-state index is -0.978. The van der Waals surface area contributed by atoms with Gasteiger partial charge in [0.05, 0.1) is 13.2 Å². The van der Waals surface area contributed by atoms with Crippen LogP contribution < -0.4 is 4.74 Å². The van der Waals surface area contributed by atoms with Crippen LogP contribution in [0.5, 0.6) is 5.75 Å². The van der Waals surface area contributed by atoms with Crippen LogP contribution in [0, 0.1) is 0 Å². The number of rotatable bonds is 6. The van der Waals surface area contributed by atoms with Gasteiger partial charge >= 0.3 is 5.97 Å². The predicted molar refractivity (Wildman–Crippen MR) is 140 cm³/mol. The fourth-order valence-corrected chi connectivity index (χ4v) is 5.13. The molecular weight excluding hydrogens is 450 g/mol. The summed E-state index contributed by atoms with van der Waals surface area (Å²) in [5.74, 6) is -0.507. The minimum absolute atomic E-state index is 0.278. The molecule has 1 N–H and O–H groups in total. The number of benzene rings is 4. The Morgan fingerprint density at radius 2 is 1.36 bits per heavy atom. The summed E-state index contributed by atoms with van der Waals surface area (Å²) in [6, 6.07) is 31.7. The smallest absolute Gasteiger partial charge is 0.326 e. The molecule has 1 amide bonds. The van der Waals surface area contributed by atoms with E-state index in [0.29, 0.717) is 18.4 Å². The van der Waals surface area contributed by atoms with E-state index < -0.39 is 12.0 Å². The Morgan fingerprint density at radius 1 is 0.750 bits per heavy atom. The zero-order chi connectivity index (χ0) is 25.1. The lowest BCUT2D eigenvalue weighted by atomic mass is 9.93. The van der Waals surface area contributed by atoms with E-state index in [1.165, 1.54) is 0 Å². The molecule has 36 heavy (non-hydrogen) atoms. The maximum Gasteiger partial charge on any atom is 0.326 e. The number of methoxy groups -OCH3 is 1. The van der Waals surface area contributed by atoms with Crippen molar-refractivity contribution < 1.29 is 19.4 Å². The molecule has 5 heteroatoms. The molecule has 1 fully saturated rings. The number of carbonyl (C=O) groups is 2. The van der Waals surface area contributed by atoms with Crippen LogP contribution in [0.25, 0.3) is 22.3 Å². The molecule has 0 unspecified atom stereocenters. The lowest BCUT2D eigenvalue weighted by Gasteiger charge is -2.30. The molecule has 4 aromatic carbocycles. The van der Waals surface area contributed by atoms with Gasteiger partial charge in [-0.15, -0.1) is 0 Å². The number of aliphatic carboxylic acids is 1. The van der Waals surface area contributed by atoms with E-state index in [9.17, 15) is 14.7 Å². The number of carboxylic acids is 1. The van der Waals surface area contributed by atoms with E-state index in [1.54, 1.807) is 24.1 Å². The van der Waals surface area contributed by atoms with Gasteiger partial charge in [-0.3, -0.25) is 4.79 Å². The molecular formula is C31H27NO4. The second-order valence-corrected chi connectivity index (χ2v) is 8.89. The highest BCUT2D eigenvalue weighted by Crippen LogP contribution is 2.41. The standard InChI is InChI=1S/C31H27NO4/c1-36-29-14-8-7-12-25(29)22-15-17-23(18-16-22)30(33)32-27(19-20-28(32)31(34)35)26-13-6-5-11-24(26)21-9-3-2-4-10-21/h2-18,27-28H,19-20H2,1H3,(H,34,35)/t27-,28+/m1/s1. The molecule has 0 aromatic heterocycles. The van der Waals surface area contributed by atoms with Gasteiger partial charge in [-0.2, -0.15) is 0 Å². The van der Waals surface area contributed by atoms with Crippen molar-refractivity contribution in [2.75, 3.05) is 7.11 Å². The molecule has 1 aliphatic heterocycles. The fourth-order valence-electron chi connectivity index (χ4n) is 5.13. The van der Waals surface area contributed by atoms with Gasteiger partial charge < -0.3 is 14.7 Å². The summed E-state index contributed by atoms with van der Waals surface area (Å²) in [5, 5.41) is 9.97. The van der Waals surface area contributed by atoms with Gasteiger partial charge in [0.1, 0.15) is 11.8 Å². The summed E-state index contributed by atoms with van der Waals surface area (Å²) >= 11 is 0. The van der Waals surface area contributed by atoms with Gasteiger partial charge in [0.2, 0.25) is 0 Å². The van der Waals surface area contributed by atoms with E-state index in [-0.39, 0.29) is 11.9 Å². The summed E-state index contributed by atoms with van der Waals surface area (Å²) in [5.41, 5.74) is 5.33. The Bertz CT molecular complexity index is 1380. The lowest BCUT2D eigenvalue weighted by Crippen LogP contribution is -2.41. The first-order chi connectivity index (χ1) is 17.6. The first-order valence-corrected chi connectivity index (χ1v) is 12.0. The molecule has 0 radical (unpaired) electrons. The van der Waals surface area contributed by atoms with Gasteiger partial charge in [-0.1, -0.05) is 84.9 Å². The number of nitrogens with zero attached hydrogens (tertiary/aromatic N) is 1. The molecule has 0 saturated carbocycles. The molecule has 180 valence electrons. The van der Waals surface area contributed by atoms with Gasteiger partial charge in [-0.25, -0.2) is 4.79 Å². The van der Waals surface area contributed by atoms with E-state index >= 15 is 0 Å². The van der Waals surface area contributed by atoms with E-state index in [1.807, 2.05) is 91.0 Å². The highest BCUT2D eigenvalue weighted by Gasteiger charge is 2.42. The molecule has 5 nitrogen and oxygen atoms in total. The van der Waals surface area contributed by atoms with E-state index in [2.05, 4.69) is 0 Å². The number of amides is 1. The topological polar surface area (TPSA) is 66.8 Å². The van der Waals surface area contributed by atoms with Crippen molar-refractivity contribution in [3.05, 3.63) is 114 Å². The van der Waals surface area contributed by atoms with Gasteiger partial charge in [-0.05, 0) is 53.3 Å². The van der Waals surface area contributed by atoms with Crippen molar-refractivity contribution in [2.45, 2.75) is 24.9 Å². The molecule has 1 saturated heterocycles. The number of hydrogen-bond acceptors (Lipinski definition) is 3. The van der Waals surface area contributed by atoms with Crippen LogP contribution in [0.2, 0.25) is 0 Å². The number of hydrogen-bond donors (Lipinski definition) is 1. The fraction of sp³-hybridized carbons (Fsp3) is 0.161. The predicted octanol–water partition coefficient (Wildman–Crippen LogP) is 6.46. The summed E-state index contributed by atoms with van der Waals surface area (Å²) < 4.78 is 5.47. The average molecular weight is 478 g/mol. The maximum absolute atomic E-state index is 13.8. The molecule has 0 aliphatic carbocycles. The van der Waals surface area contributed by atoms with Crippen LogP contribution in [-0.2, 0) is 4.79 Å². The minimum Gasteiger partial charge on any atom is -0.496 e. The number of ether oxygens (including phenoxy) is 1. The molecule has 4 aromatic rings. The van der Waals surface area contributed by atoms with Gasteiger partial charge in [0, 0.05) is 11.1 Å². The first kappa shape index (κ1) is 23.4. The van der Waals surface area contributed by atoms with Crippen molar-refractivity contribution in [3.8, 4) is 28.0 Å². The largest absolute Gasteiger partial charge is 0.496 e. The average Bonchev–Trinajstić information content (AvgIpc) is 3.39. The third-order valence-electron chi connectivity index (χ3n) is 6.86. The molecule has 2 atom stereocenters. The highest BCUT2D eigenvalue weighted by molar-refractivity contribution is 5.98. The van der Waals surface area contributed by atoms with Crippen LogP contribution in [-0.4, -0.2) is 35.0 Å².